The van der Waals surface area contributed by atoms with Gasteiger partial charge in [0.1, 0.15) is 35.6 Å². The summed E-state index contributed by atoms with van der Waals surface area (Å²) < 4.78 is 37.3. The van der Waals surface area contributed by atoms with E-state index >= 15 is 4.39 Å². The number of aromatic nitrogens is 3. The Hall–Kier alpha value is -3.30. The number of rotatable bonds is 5. The Bertz CT molecular complexity index is 1710. The predicted molar refractivity (Wildman–Crippen MR) is 158 cm³/mol. The fraction of sp³-hybridized carbons (Fsp3) is 0.469. The standard InChI is InChI=1S/C32H32ClF2N5O2/c33-25-4-1-3-20-10-22(41)11-23(26(20)25)28-27(35)29-24(13-36-28)30(39-14-18-5-6-19(9-18)15-39)38-31(37-29)42-17-32-7-2-8-40(32)16-21(34)12-32/h1,3-4,10-11,13,18-19,21,41H,2,5-9,12,14-17H2/t18?,19?,21-,32?/m1/s1. The third-order valence-electron chi connectivity index (χ3n) is 9.95. The van der Waals surface area contributed by atoms with E-state index in [1.165, 1.54) is 25.3 Å². The Labute approximate surface area is 247 Å². The molecular weight excluding hydrogens is 560 g/mol. The fourth-order valence-corrected chi connectivity index (χ4v) is 8.38. The highest BCUT2D eigenvalue weighted by Gasteiger charge is 2.49. The Morgan fingerprint density at radius 3 is 2.79 bits per heavy atom. The summed E-state index contributed by atoms with van der Waals surface area (Å²) in [6.07, 6.45) is 6.64. The van der Waals surface area contributed by atoms with E-state index in [1.54, 1.807) is 24.4 Å². The van der Waals surface area contributed by atoms with Crippen LogP contribution in [-0.2, 0) is 0 Å². The van der Waals surface area contributed by atoms with Crippen molar-refractivity contribution in [2.45, 2.75) is 50.2 Å². The predicted octanol–water partition coefficient (Wildman–Crippen LogP) is 6.53. The molecule has 4 fully saturated rings. The highest BCUT2D eigenvalue weighted by atomic mass is 35.5. The number of hydrogen-bond donors (Lipinski definition) is 1. The number of phenols is 1. The Kier molecular flexibility index (Phi) is 6.19. The molecule has 0 radical (unpaired) electrons. The lowest BCUT2D eigenvalue weighted by Crippen LogP contribution is -2.43. The van der Waals surface area contributed by atoms with Crippen molar-refractivity contribution in [3.8, 4) is 23.0 Å². The molecule has 0 amide bonds. The van der Waals surface area contributed by atoms with Gasteiger partial charge in [-0.3, -0.25) is 9.88 Å². The van der Waals surface area contributed by atoms with Crippen molar-refractivity contribution in [2.24, 2.45) is 11.8 Å². The van der Waals surface area contributed by atoms with E-state index < -0.39 is 12.0 Å². The Balaban J connectivity index is 1.26. The molecule has 3 unspecified atom stereocenters. The third kappa shape index (κ3) is 4.27. The van der Waals surface area contributed by atoms with Crippen LogP contribution in [0, 0.1) is 17.7 Å². The maximum Gasteiger partial charge on any atom is 0.319 e. The molecule has 0 spiro atoms. The molecule has 218 valence electrons. The zero-order valence-electron chi connectivity index (χ0n) is 23.2. The number of ether oxygens (including phenoxy) is 1. The largest absolute Gasteiger partial charge is 0.508 e. The summed E-state index contributed by atoms with van der Waals surface area (Å²) in [6, 6.07) is 8.50. The number of pyridine rings is 1. The van der Waals surface area contributed by atoms with Gasteiger partial charge >= 0.3 is 6.01 Å². The van der Waals surface area contributed by atoms with Crippen molar-refractivity contribution >= 4 is 39.1 Å². The van der Waals surface area contributed by atoms with Crippen molar-refractivity contribution in [1.29, 1.82) is 0 Å². The van der Waals surface area contributed by atoms with E-state index in [2.05, 4.69) is 19.8 Å². The highest BCUT2D eigenvalue weighted by Crippen LogP contribution is 2.43. The second-order valence-electron chi connectivity index (χ2n) is 12.7. The average molecular weight is 592 g/mol. The molecule has 4 aromatic rings. The maximum absolute atomic E-state index is 16.6. The summed E-state index contributed by atoms with van der Waals surface area (Å²) in [4.78, 5) is 18.4. The SMILES string of the molecule is Oc1cc(-c2ncc3c(N4CC5CCC(C5)C4)nc(OCC45CCCN4C[C@H](F)C5)nc3c2F)c2c(Cl)cccc2c1. The van der Waals surface area contributed by atoms with Gasteiger partial charge in [0.25, 0.3) is 0 Å². The second kappa shape index (κ2) is 9.88. The van der Waals surface area contributed by atoms with Gasteiger partial charge in [0.15, 0.2) is 5.82 Å². The molecule has 1 N–H and O–H groups in total. The van der Waals surface area contributed by atoms with Crippen LogP contribution in [0.3, 0.4) is 0 Å². The Morgan fingerprint density at radius 2 is 1.95 bits per heavy atom. The normalized spacial score (nSPS) is 27.3. The third-order valence-corrected chi connectivity index (χ3v) is 10.3. The zero-order chi connectivity index (χ0) is 28.6. The Morgan fingerprint density at radius 1 is 1.12 bits per heavy atom. The van der Waals surface area contributed by atoms with Gasteiger partial charge in [0.2, 0.25) is 0 Å². The van der Waals surface area contributed by atoms with Crippen molar-refractivity contribution in [1.82, 2.24) is 19.9 Å². The average Bonchev–Trinajstić information content (AvgIpc) is 3.61. The summed E-state index contributed by atoms with van der Waals surface area (Å²) in [5.41, 5.74) is 0.162. The first kappa shape index (κ1) is 26.3. The van der Waals surface area contributed by atoms with E-state index in [9.17, 15) is 9.50 Å². The van der Waals surface area contributed by atoms with Gasteiger partial charge in [0, 0.05) is 48.2 Å². The minimum Gasteiger partial charge on any atom is -0.508 e. The van der Waals surface area contributed by atoms with Crippen molar-refractivity contribution in [3.05, 3.63) is 47.4 Å². The van der Waals surface area contributed by atoms with E-state index in [4.69, 9.17) is 21.3 Å². The molecule has 2 bridgehead atoms. The first-order valence-electron chi connectivity index (χ1n) is 14.9. The van der Waals surface area contributed by atoms with E-state index in [-0.39, 0.29) is 35.1 Å². The zero-order valence-corrected chi connectivity index (χ0v) is 24.0. The first-order valence-corrected chi connectivity index (χ1v) is 15.3. The summed E-state index contributed by atoms with van der Waals surface area (Å²) in [6.45, 7) is 3.23. The smallest absolute Gasteiger partial charge is 0.319 e. The van der Waals surface area contributed by atoms with Crippen LogP contribution in [0.1, 0.15) is 38.5 Å². The number of nitrogens with zero attached hydrogens (tertiary/aromatic N) is 5. The minimum absolute atomic E-state index is 0.0136. The van der Waals surface area contributed by atoms with Gasteiger partial charge in [0.05, 0.1) is 10.9 Å². The lowest BCUT2D eigenvalue weighted by atomic mass is 9.95. The summed E-state index contributed by atoms with van der Waals surface area (Å²) in [7, 11) is 0. The second-order valence-corrected chi connectivity index (χ2v) is 13.1. The van der Waals surface area contributed by atoms with Crippen LogP contribution < -0.4 is 9.64 Å². The lowest BCUT2D eigenvalue weighted by molar-refractivity contribution is 0.107. The van der Waals surface area contributed by atoms with Crippen LogP contribution in [0.4, 0.5) is 14.6 Å². The van der Waals surface area contributed by atoms with Crippen molar-refractivity contribution in [2.75, 3.05) is 37.7 Å². The number of phenolic OH excluding ortho intramolecular Hbond substituents is 1. The molecule has 42 heavy (non-hydrogen) atoms. The molecule has 2 aromatic heterocycles. The van der Waals surface area contributed by atoms with Gasteiger partial charge in [-0.2, -0.15) is 9.97 Å². The topological polar surface area (TPSA) is 74.6 Å². The minimum atomic E-state index is -0.874. The first-order chi connectivity index (χ1) is 20.4. The number of piperidine rings is 1. The quantitative estimate of drug-likeness (QED) is 0.283. The maximum atomic E-state index is 16.6. The number of hydrogen-bond acceptors (Lipinski definition) is 7. The van der Waals surface area contributed by atoms with Crippen molar-refractivity contribution < 1.29 is 18.6 Å². The molecule has 1 saturated carbocycles. The number of benzene rings is 2. The molecule has 4 aliphatic rings. The lowest BCUT2D eigenvalue weighted by Gasteiger charge is -2.34. The highest BCUT2D eigenvalue weighted by molar-refractivity contribution is 6.36. The number of fused-ring (bicyclic) bond motifs is 5. The number of halogens is 3. The molecule has 4 atom stereocenters. The van der Waals surface area contributed by atoms with E-state index in [1.807, 2.05) is 6.07 Å². The van der Waals surface area contributed by atoms with Crippen LogP contribution in [0.15, 0.2) is 36.5 Å². The number of anilines is 1. The molecule has 7 nitrogen and oxygen atoms in total. The molecule has 10 heteroatoms. The van der Waals surface area contributed by atoms with Crippen molar-refractivity contribution in [3.63, 3.8) is 0 Å². The van der Waals surface area contributed by atoms with Crippen LogP contribution in [0.25, 0.3) is 32.9 Å². The number of alkyl halides is 1. The van der Waals surface area contributed by atoms with Crippen LogP contribution >= 0.6 is 11.6 Å². The molecule has 8 rings (SSSR count). The molecule has 2 aromatic carbocycles. The molecule has 3 aliphatic heterocycles. The van der Waals surface area contributed by atoms with Gasteiger partial charge < -0.3 is 14.7 Å². The van der Waals surface area contributed by atoms with Gasteiger partial charge in [-0.05, 0) is 74.1 Å². The van der Waals surface area contributed by atoms with Crippen LogP contribution in [-0.4, -0.2) is 69.5 Å². The molecule has 5 heterocycles. The molecular formula is C32H32ClF2N5O2. The van der Waals surface area contributed by atoms with Crippen LogP contribution in [0.5, 0.6) is 11.8 Å². The van der Waals surface area contributed by atoms with Gasteiger partial charge in [-0.25, -0.2) is 8.78 Å². The summed E-state index contributed by atoms with van der Waals surface area (Å²) in [5, 5.41) is 12.7. The molecule has 1 aliphatic carbocycles. The molecule has 3 saturated heterocycles. The van der Waals surface area contributed by atoms with Gasteiger partial charge in [-0.15, -0.1) is 0 Å². The fourth-order valence-electron chi connectivity index (χ4n) is 8.10. The van der Waals surface area contributed by atoms with E-state index in [0.717, 1.165) is 32.5 Å². The van der Waals surface area contributed by atoms with E-state index in [0.29, 0.717) is 57.4 Å². The van der Waals surface area contributed by atoms with Crippen LogP contribution in [0.2, 0.25) is 5.02 Å². The monoisotopic (exact) mass is 591 g/mol. The number of aromatic hydroxyl groups is 1. The van der Waals surface area contributed by atoms with Gasteiger partial charge in [-0.1, -0.05) is 23.7 Å². The summed E-state index contributed by atoms with van der Waals surface area (Å²) >= 11 is 6.56. The summed E-state index contributed by atoms with van der Waals surface area (Å²) in [5.74, 6) is 1.15.